The van der Waals surface area contributed by atoms with Crippen LogP contribution in [0.4, 0.5) is 5.69 Å². The number of nitrogens with one attached hydrogen (secondary N) is 1. The number of piperidine rings is 1. The topological polar surface area (TPSA) is 62.4 Å². The molecule has 1 aliphatic heterocycles. The third kappa shape index (κ3) is 2.97. The number of aryl methyl sites for hydroxylation is 1. The van der Waals surface area contributed by atoms with Gasteiger partial charge in [-0.15, -0.1) is 0 Å². The van der Waals surface area contributed by atoms with Crippen LogP contribution in [0.25, 0.3) is 21.7 Å². The quantitative estimate of drug-likeness (QED) is 0.560. The molecule has 1 fully saturated rings. The number of ether oxygens (including phenoxy) is 1. The zero-order chi connectivity index (χ0) is 19.0. The first kappa shape index (κ1) is 17.6. The number of rotatable bonds is 3. The number of H-pyrrole nitrogens is 1. The van der Waals surface area contributed by atoms with E-state index in [1.54, 1.807) is 6.92 Å². The number of esters is 1. The zero-order valence-electron chi connectivity index (χ0n) is 15.8. The maximum atomic E-state index is 13.1. The number of carbonyl (C=O) groups excluding carboxylic acids is 1. The summed E-state index contributed by atoms with van der Waals surface area (Å²) < 4.78 is 5.33. The number of hydrogen-bond donors (Lipinski definition) is 1. The summed E-state index contributed by atoms with van der Waals surface area (Å²) in [6.45, 7) is 5.88. The van der Waals surface area contributed by atoms with Crippen molar-refractivity contribution in [2.75, 3.05) is 24.6 Å². The van der Waals surface area contributed by atoms with E-state index >= 15 is 0 Å². The molecule has 0 amide bonds. The lowest BCUT2D eigenvalue weighted by molar-refractivity contribution is 0.0528. The van der Waals surface area contributed by atoms with Crippen LogP contribution >= 0.6 is 0 Å². The Morgan fingerprint density at radius 3 is 2.63 bits per heavy atom. The molecular formula is C22H24N2O3. The van der Waals surface area contributed by atoms with Gasteiger partial charge in [0.2, 0.25) is 0 Å². The Hall–Kier alpha value is -2.82. The summed E-state index contributed by atoms with van der Waals surface area (Å²) in [7, 11) is 0. The van der Waals surface area contributed by atoms with Crippen LogP contribution < -0.4 is 10.5 Å². The Morgan fingerprint density at radius 1 is 1.15 bits per heavy atom. The summed E-state index contributed by atoms with van der Waals surface area (Å²) in [5, 5.41) is 2.16. The monoisotopic (exact) mass is 364 g/mol. The number of aromatic amines is 1. The maximum Gasteiger partial charge on any atom is 0.339 e. The van der Waals surface area contributed by atoms with E-state index in [-0.39, 0.29) is 11.5 Å². The summed E-state index contributed by atoms with van der Waals surface area (Å²) in [6.07, 6.45) is 3.45. The summed E-state index contributed by atoms with van der Waals surface area (Å²) in [5.74, 6) is -0.374. The van der Waals surface area contributed by atoms with E-state index in [1.807, 2.05) is 37.3 Å². The lowest BCUT2D eigenvalue weighted by Gasteiger charge is -2.30. The van der Waals surface area contributed by atoms with Crippen LogP contribution in [0.3, 0.4) is 0 Å². The number of fused-ring (bicyclic) bond motifs is 3. The van der Waals surface area contributed by atoms with Crippen LogP contribution in [0.2, 0.25) is 0 Å². The molecule has 1 aliphatic rings. The number of nitrogens with zero attached hydrogens (tertiary/aromatic N) is 1. The van der Waals surface area contributed by atoms with Gasteiger partial charge in [-0.25, -0.2) is 4.79 Å². The lowest BCUT2D eigenvalue weighted by atomic mass is 9.94. The first-order valence-electron chi connectivity index (χ1n) is 9.62. The van der Waals surface area contributed by atoms with Gasteiger partial charge < -0.3 is 14.6 Å². The van der Waals surface area contributed by atoms with Crippen LogP contribution in [0, 0.1) is 6.92 Å². The number of benzene rings is 2. The molecule has 2 heterocycles. The van der Waals surface area contributed by atoms with Crippen LogP contribution in [-0.2, 0) is 4.74 Å². The standard InChI is InChI=1S/C22H24N2O3/c1-3-27-22(26)18-14(2)13-17(24-11-7-4-8-12-24)20-19(18)15-9-5-6-10-16(15)23-21(20)25/h5-6,9-10,13H,3-4,7-8,11-12H2,1-2H3,(H,23,25). The van der Waals surface area contributed by atoms with Gasteiger partial charge in [0.25, 0.3) is 5.56 Å². The Balaban J connectivity index is 2.13. The Morgan fingerprint density at radius 2 is 1.89 bits per heavy atom. The molecule has 1 aromatic heterocycles. The van der Waals surface area contributed by atoms with Crippen LogP contribution in [-0.4, -0.2) is 30.6 Å². The van der Waals surface area contributed by atoms with Crippen molar-refractivity contribution in [3.8, 4) is 0 Å². The van der Waals surface area contributed by atoms with Gasteiger partial charge >= 0.3 is 5.97 Å². The van der Waals surface area contributed by atoms with Crippen molar-refractivity contribution in [3.05, 3.63) is 51.8 Å². The van der Waals surface area contributed by atoms with E-state index < -0.39 is 0 Å². The van der Waals surface area contributed by atoms with Crippen molar-refractivity contribution >= 4 is 33.3 Å². The minimum Gasteiger partial charge on any atom is -0.462 e. The maximum absolute atomic E-state index is 13.1. The average Bonchev–Trinajstić information content (AvgIpc) is 2.68. The van der Waals surface area contributed by atoms with Gasteiger partial charge in [0.15, 0.2) is 0 Å². The SMILES string of the molecule is CCOC(=O)c1c(C)cc(N2CCCCC2)c2c(=O)[nH]c3ccccc3c12. The number of carbonyl (C=O) groups is 1. The summed E-state index contributed by atoms with van der Waals surface area (Å²) in [6, 6.07) is 9.61. The first-order valence-corrected chi connectivity index (χ1v) is 9.62. The molecule has 0 unspecified atom stereocenters. The molecular weight excluding hydrogens is 340 g/mol. The number of anilines is 1. The minimum atomic E-state index is -0.374. The highest BCUT2D eigenvalue weighted by molar-refractivity contribution is 6.19. The molecule has 1 N–H and O–H groups in total. The van der Waals surface area contributed by atoms with Gasteiger partial charge in [0, 0.05) is 29.4 Å². The average molecular weight is 364 g/mol. The van der Waals surface area contributed by atoms with E-state index in [0.717, 1.165) is 48.1 Å². The molecule has 27 heavy (non-hydrogen) atoms. The van der Waals surface area contributed by atoms with Crippen molar-refractivity contribution in [2.45, 2.75) is 33.1 Å². The first-order chi connectivity index (χ1) is 13.1. The van der Waals surface area contributed by atoms with E-state index in [4.69, 9.17) is 4.74 Å². The van der Waals surface area contributed by atoms with Crippen LogP contribution in [0.15, 0.2) is 35.1 Å². The highest BCUT2D eigenvalue weighted by Gasteiger charge is 2.24. The van der Waals surface area contributed by atoms with Crippen molar-refractivity contribution < 1.29 is 9.53 Å². The molecule has 0 radical (unpaired) electrons. The van der Waals surface area contributed by atoms with Gasteiger partial charge in [0.1, 0.15) is 0 Å². The van der Waals surface area contributed by atoms with Crippen molar-refractivity contribution in [1.82, 2.24) is 4.98 Å². The molecule has 5 nitrogen and oxygen atoms in total. The molecule has 3 aromatic rings. The molecule has 5 heteroatoms. The molecule has 2 aromatic carbocycles. The van der Waals surface area contributed by atoms with Crippen molar-refractivity contribution in [1.29, 1.82) is 0 Å². The second kappa shape index (κ2) is 7.06. The molecule has 0 spiro atoms. The zero-order valence-corrected chi connectivity index (χ0v) is 15.8. The van der Waals surface area contributed by atoms with Gasteiger partial charge in [-0.1, -0.05) is 18.2 Å². The number of pyridine rings is 1. The van der Waals surface area contributed by atoms with E-state index in [0.29, 0.717) is 22.9 Å². The molecule has 140 valence electrons. The van der Waals surface area contributed by atoms with Gasteiger partial charge in [-0.05, 0) is 50.8 Å². The second-order valence-corrected chi connectivity index (χ2v) is 7.11. The van der Waals surface area contributed by atoms with Crippen LogP contribution in [0.1, 0.15) is 42.1 Å². The fourth-order valence-electron chi connectivity index (χ4n) is 4.14. The predicted octanol–water partition coefficient (Wildman–Crippen LogP) is 4.16. The minimum absolute atomic E-state index is 0.158. The van der Waals surface area contributed by atoms with E-state index in [2.05, 4.69) is 9.88 Å². The number of aromatic nitrogens is 1. The summed E-state index contributed by atoms with van der Waals surface area (Å²) >= 11 is 0. The molecule has 0 aliphatic carbocycles. The lowest BCUT2D eigenvalue weighted by Crippen LogP contribution is -2.31. The highest BCUT2D eigenvalue weighted by Crippen LogP contribution is 2.35. The number of para-hydroxylation sites is 1. The third-order valence-electron chi connectivity index (χ3n) is 5.35. The van der Waals surface area contributed by atoms with E-state index in [1.165, 1.54) is 6.42 Å². The fourth-order valence-corrected chi connectivity index (χ4v) is 4.14. The molecule has 0 bridgehead atoms. The molecule has 0 saturated carbocycles. The van der Waals surface area contributed by atoms with Crippen molar-refractivity contribution in [2.24, 2.45) is 0 Å². The molecule has 4 rings (SSSR count). The van der Waals surface area contributed by atoms with Gasteiger partial charge in [-0.2, -0.15) is 0 Å². The Labute approximate surface area is 157 Å². The Bertz CT molecular complexity index is 1080. The fraction of sp³-hybridized carbons (Fsp3) is 0.364. The second-order valence-electron chi connectivity index (χ2n) is 7.11. The highest BCUT2D eigenvalue weighted by atomic mass is 16.5. The van der Waals surface area contributed by atoms with Gasteiger partial charge in [0.05, 0.1) is 23.2 Å². The normalized spacial score (nSPS) is 14.7. The van der Waals surface area contributed by atoms with Gasteiger partial charge in [-0.3, -0.25) is 4.79 Å². The molecule has 1 saturated heterocycles. The van der Waals surface area contributed by atoms with E-state index in [9.17, 15) is 9.59 Å². The molecule has 0 atom stereocenters. The van der Waals surface area contributed by atoms with Crippen LogP contribution in [0.5, 0.6) is 0 Å². The number of hydrogen-bond acceptors (Lipinski definition) is 4. The summed E-state index contributed by atoms with van der Waals surface area (Å²) in [5.41, 5.74) is 2.83. The third-order valence-corrected chi connectivity index (χ3v) is 5.35. The summed E-state index contributed by atoms with van der Waals surface area (Å²) in [4.78, 5) is 31.1. The smallest absolute Gasteiger partial charge is 0.339 e. The largest absolute Gasteiger partial charge is 0.462 e. The predicted molar refractivity (Wildman–Crippen MR) is 109 cm³/mol. The van der Waals surface area contributed by atoms with Crippen molar-refractivity contribution in [3.63, 3.8) is 0 Å². The Kier molecular flexibility index (Phi) is 4.60.